The Morgan fingerprint density at radius 1 is 0.565 bits per heavy atom. The summed E-state index contributed by atoms with van der Waals surface area (Å²) in [6.07, 6.45) is 4.55. The minimum Gasteiger partial charge on any atom is -0.0794 e. The molecular formula is C23H20. The highest BCUT2D eigenvalue weighted by Gasteiger charge is 2.38. The van der Waals surface area contributed by atoms with Gasteiger partial charge in [-0.1, -0.05) is 97.1 Å². The van der Waals surface area contributed by atoms with Gasteiger partial charge in [0.1, 0.15) is 0 Å². The highest BCUT2D eigenvalue weighted by molar-refractivity contribution is 5.71. The average molecular weight is 296 g/mol. The Labute approximate surface area is 138 Å². The van der Waals surface area contributed by atoms with Crippen molar-refractivity contribution in [2.45, 2.75) is 18.3 Å². The Morgan fingerprint density at radius 2 is 1.04 bits per heavy atom. The molecule has 0 aromatic heterocycles. The summed E-state index contributed by atoms with van der Waals surface area (Å²) >= 11 is 0. The number of hydrogen-bond acceptors (Lipinski definition) is 0. The van der Waals surface area contributed by atoms with Gasteiger partial charge in [-0.3, -0.25) is 0 Å². The van der Waals surface area contributed by atoms with E-state index in [0.717, 1.165) is 12.8 Å². The highest BCUT2D eigenvalue weighted by atomic mass is 14.4. The molecule has 0 heteroatoms. The standard InChI is InChI=1S/C23H20/c1-4-10-19(11-5-1)20-16-17-23(18-20,21-12-6-2-7-13-21)22-14-8-3-9-15-22/h1-16H,17-18H2. The summed E-state index contributed by atoms with van der Waals surface area (Å²) in [4.78, 5) is 0. The number of allylic oxidation sites excluding steroid dienone is 2. The number of benzene rings is 3. The summed E-state index contributed by atoms with van der Waals surface area (Å²) in [7, 11) is 0. The van der Waals surface area contributed by atoms with E-state index in [0.29, 0.717) is 0 Å². The first-order chi connectivity index (χ1) is 11.4. The van der Waals surface area contributed by atoms with E-state index in [9.17, 15) is 0 Å². The van der Waals surface area contributed by atoms with Crippen molar-refractivity contribution in [3.63, 3.8) is 0 Å². The van der Waals surface area contributed by atoms with Gasteiger partial charge in [-0.15, -0.1) is 0 Å². The fourth-order valence-electron chi connectivity index (χ4n) is 3.76. The Kier molecular flexibility index (Phi) is 3.59. The van der Waals surface area contributed by atoms with Crippen LogP contribution in [0.1, 0.15) is 29.5 Å². The van der Waals surface area contributed by atoms with Gasteiger partial charge in [0.05, 0.1) is 0 Å². The third-order valence-corrected chi connectivity index (χ3v) is 4.99. The SMILES string of the molecule is C1=C(c2ccccc2)CC(c2ccccc2)(c2ccccc2)C1. The van der Waals surface area contributed by atoms with Gasteiger partial charge in [-0.05, 0) is 35.1 Å². The van der Waals surface area contributed by atoms with E-state index < -0.39 is 0 Å². The van der Waals surface area contributed by atoms with Crippen molar-refractivity contribution in [1.82, 2.24) is 0 Å². The van der Waals surface area contributed by atoms with Gasteiger partial charge in [-0.25, -0.2) is 0 Å². The van der Waals surface area contributed by atoms with Crippen LogP contribution in [0.15, 0.2) is 97.1 Å². The van der Waals surface area contributed by atoms with E-state index in [1.54, 1.807) is 0 Å². The molecule has 4 rings (SSSR count). The van der Waals surface area contributed by atoms with Crippen LogP contribution in [0.4, 0.5) is 0 Å². The Morgan fingerprint density at radius 3 is 1.57 bits per heavy atom. The van der Waals surface area contributed by atoms with Crippen LogP contribution in [0.2, 0.25) is 0 Å². The molecule has 0 atom stereocenters. The molecule has 0 spiro atoms. The van der Waals surface area contributed by atoms with E-state index in [1.165, 1.54) is 22.3 Å². The first-order valence-corrected chi connectivity index (χ1v) is 8.24. The second kappa shape index (κ2) is 5.89. The van der Waals surface area contributed by atoms with E-state index in [-0.39, 0.29) is 5.41 Å². The lowest BCUT2D eigenvalue weighted by molar-refractivity contribution is 0.561. The van der Waals surface area contributed by atoms with Crippen molar-refractivity contribution in [3.05, 3.63) is 114 Å². The maximum absolute atomic E-state index is 2.43. The summed E-state index contributed by atoms with van der Waals surface area (Å²) in [5, 5.41) is 0. The van der Waals surface area contributed by atoms with Gasteiger partial charge >= 0.3 is 0 Å². The molecule has 0 amide bonds. The molecule has 3 aromatic carbocycles. The molecule has 0 radical (unpaired) electrons. The van der Waals surface area contributed by atoms with E-state index in [1.807, 2.05) is 0 Å². The summed E-state index contributed by atoms with van der Waals surface area (Å²) in [5.74, 6) is 0. The lowest BCUT2D eigenvalue weighted by Gasteiger charge is -2.31. The van der Waals surface area contributed by atoms with Crippen molar-refractivity contribution >= 4 is 5.57 Å². The molecule has 1 aliphatic carbocycles. The molecule has 0 bridgehead atoms. The fourth-order valence-corrected chi connectivity index (χ4v) is 3.76. The summed E-state index contributed by atoms with van der Waals surface area (Å²) < 4.78 is 0. The molecule has 0 nitrogen and oxygen atoms in total. The quantitative estimate of drug-likeness (QED) is 0.568. The molecule has 0 unspecified atom stereocenters. The van der Waals surface area contributed by atoms with Crippen LogP contribution >= 0.6 is 0 Å². The van der Waals surface area contributed by atoms with Crippen molar-refractivity contribution in [2.24, 2.45) is 0 Å². The van der Waals surface area contributed by atoms with Gasteiger partial charge in [0.2, 0.25) is 0 Å². The van der Waals surface area contributed by atoms with Gasteiger partial charge < -0.3 is 0 Å². The van der Waals surface area contributed by atoms with Crippen LogP contribution in [0.25, 0.3) is 5.57 Å². The first-order valence-electron chi connectivity index (χ1n) is 8.24. The summed E-state index contributed by atoms with van der Waals surface area (Å²) in [6.45, 7) is 0. The topological polar surface area (TPSA) is 0 Å². The average Bonchev–Trinajstić information content (AvgIpc) is 3.11. The zero-order valence-electron chi connectivity index (χ0n) is 13.2. The molecule has 0 saturated carbocycles. The van der Waals surface area contributed by atoms with E-state index in [2.05, 4.69) is 97.1 Å². The Balaban J connectivity index is 1.78. The van der Waals surface area contributed by atoms with Crippen molar-refractivity contribution in [2.75, 3.05) is 0 Å². The smallest absolute Gasteiger partial charge is 0.0277 e. The highest BCUT2D eigenvalue weighted by Crippen LogP contribution is 2.48. The third kappa shape index (κ3) is 2.51. The Bertz CT molecular complexity index is 759. The van der Waals surface area contributed by atoms with Crippen LogP contribution in [0.5, 0.6) is 0 Å². The minimum atomic E-state index is 0.0632. The molecule has 0 fully saturated rings. The molecule has 0 heterocycles. The number of hydrogen-bond donors (Lipinski definition) is 0. The lowest BCUT2D eigenvalue weighted by atomic mass is 9.71. The van der Waals surface area contributed by atoms with Crippen LogP contribution in [0.3, 0.4) is 0 Å². The Hall–Kier alpha value is -2.60. The zero-order chi connectivity index (χ0) is 15.5. The van der Waals surface area contributed by atoms with E-state index >= 15 is 0 Å². The van der Waals surface area contributed by atoms with Gasteiger partial charge in [-0.2, -0.15) is 0 Å². The predicted octanol–water partition coefficient (Wildman–Crippen LogP) is 5.85. The molecule has 0 saturated heterocycles. The molecule has 0 N–H and O–H groups in total. The van der Waals surface area contributed by atoms with Crippen molar-refractivity contribution in [1.29, 1.82) is 0 Å². The van der Waals surface area contributed by atoms with Gasteiger partial charge in [0.15, 0.2) is 0 Å². The van der Waals surface area contributed by atoms with Gasteiger partial charge in [0.25, 0.3) is 0 Å². The molecule has 1 aliphatic rings. The maximum atomic E-state index is 2.43. The largest absolute Gasteiger partial charge is 0.0794 e. The lowest BCUT2D eigenvalue weighted by Crippen LogP contribution is -2.24. The van der Waals surface area contributed by atoms with Crippen LogP contribution in [0, 0.1) is 0 Å². The minimum absolute atomic E-state index is 0.0632. The van der Waals surface area contributed by atoms with Crippen molar-refractivity contribution in [3.8, 4) is 0 Å². The maximum Gasteiger partial charge on any atom is 0.0277 e. The van der Waals surface area contributed by atoms with Gasteiger partial charge in [0, 0.05) is 5.41 Å². The van der Waals surface area contributed by atoms with Crippen LogP contribution < -0.4 is 0 Å². The molecule has 0 aliphatic heterocycles. The molecular weight excluding hydrogens is 276 g/mol. The van der Waals surface area contributed by atoms with Crippen LogP contribution in [-0.4, -0.2) is 0 Å². The predicted molar refractivity (Wildman–Crippen MR) is 97.3 cm³/mol. The first kappa shape index (κ1) is 14.0. The van der Waals surface area contributed by atoms with Crippen molar-refractivity contribution < 1.29 is 0 Å². The molecule has 3 aromatic rings. The monoisotopic (exact) mass is 296 g/mol. The van der Waals surface area contributed by atoms with E-state index in [4.69, 9.17) is 0 Å². The summed E-state index contributed by atoms with van der Waals surface area (Å²) in [6, 6.07) is 32.7. The fraction of sp³-hybridized carbons (Fsp3) is 0.130. The van der Waals surface area contributed by atoms with Crippen LogP contribution in [-0.2, 0) is 5.41 Å². The molecule has 112 valence electrons. The third-order valence-electron chi connectivity index (χ3n) is 4.99. The zero-order valence-corrected chi connectivity index (χ0v) is 13.2. The second-order valence-electron chi connectivity index (χ2n) is 6.29. The number of rotatable bonds is 3. The second-order valence-corrected chi connectivity index (χ2v) is 6.29. The normalized spacial score (nSPS) is 16.1. The summed E-state index contributed by atoms with van der Waals surface area (Å²) in [5.41, 5.74) is 5.69. The molecule has 23 heavy (non-hydrogen) atoms.